The van der Waals surface area contributed by atoms with Gasteiger partial charge < -0.3 is 20.7 Å². The SMILES string of the molecule is CC(C)COc1ccc(CNC(=O)N(C)C2CCC(N)CC2)cc1. The van der Waals surface area contributed by atoms with E-state index in [4.69, 9.17) is 10.5 Å². The third kappa shape index (κ3) is 5.71. The Balaban J connectivity index is 1.76. The van der Waals surface area contributed by atoms with Crippen LogP contribution < -0.4 is 15.8 Å². The first-order valence-corrected chi connectivity index (χ1v) is 8.93. The lowest BCUT2D eigenvalue weighted by atomic mass is 9.91. The van der Waals surface area contributed by atoms with Crippen molar-refractivity contribution < 1.29 is 9.53 Å². The predicted molar refractivity (Wildman–Crippen MR) is 97.0 cm³/mol. The van der Waals surface area contributed by atoms with E-state index in [0.29, 0.717) is 31.2 Å². The van der Waals surface area contributed by atoms with Crippen LogP contribution >= 0.6 is 0 Å². The van der Waals surface area contributed by atoms with E-state index in [1.807, 2.05) is 36.2 Å². The molecule has 0 atom stereocenters. The summed E-state index contributed by atoms with van der Waals surface area (Å²) in [6.45, 7) is 5.49. The number of hydrogen-bond donors (Lipinski definition) is 2. The van der Waals surface area contributed by atoms with Crippen molar-refractivity contribution in [2.45, 2.75) is 58.2 Å². The summed E-state index contributed by atoms with van der Waals surface area (Å²) in [4.78, 5) is 14.1. The number of carbonyl (C=O) groups excluding carboxylic acids is 1. The van der Waals surface area contributed by atoms with Crippen LogP contribution in [-0.4, -0.2) is 36.7 Å². The first-order chi connectivity index (χ1) is 11.5. The third-order valence-corrected chi connectivity index (χ3v) is 4.56. The molecular formula is C19H31N3O2. The smallest absolute Gasteiger partial charge is 0.317 e. The summed E-state index contributed by atoms with van der Waals surface area (Å²) in [5, 5.41) is 2.99. The molecule has 0 heterocycles. The normalized spacial score (nSPS) is 20.7. The summed E-state index contributed by atoms with van der Waals surface area (Å²) >= 11 is 0. The maximum atomic E-state index is 12.3. The van der Waals surface area contributed by atoms with Gasteiger partial charge in [0.25, 0.3) is 0 Å². The molecule has 134 valence electrons. The number of urea groups is 1. The van der Waals surface area contributed by atoms with Crippen LogP contribution in [0.2, 0.25) is 0 Å². The zero-order chi connectivity index (χ0) is 17.5. The quantitative estimate of drug-likeness (QED) is 0.840. The molecule has 1 aliphatic rings. The van der Waals surface area contributed by atoms with Crippen molar-refractivity contribution in [2.75, 3.05) is 13.7 Å². The molecule has 1 aliphatic carbocycles. The van der Waals surface area contributed by atoms with E-state index in [1.165, 1.54) is 0 Å². The molecule has 5 nitrogen and oxygen atoms in total. The number of benzene rings is 1. The molecule has 0 radical (unpaired) electrons. The van der Waals surface area contributed by atoms with Gasteiger partial charge in [0.2, 0.25) is 0 Å². The third-order valence-electron chi connectivity index (χ3n) is 4.56. The van der Waals surface area contributed by atoms with Crippen molar-refractivity contribution in [1.82, 2.24) is 10.2 Å². The standard InChI is InChI=1S/C19H31N3O2/c1-14(2)13-24-18-10-4-15(5-11-18)12-21-19(23)22(3)17-8-6-16(20)7-9-17/h4-5,10-11,14,16-17H,6-9,12-13,20H2,1-3H3,(H,21,23). The van der Waals surface area contributed by atoms with Crippen LogP contribution in [0.25, 0.3) is 0 Å². The molecule has 0 saturated heterocycles. The summed E-state index contributed by atoms with van der Waals surface area (Å²) in [7, 11) is 1.87. The minimum atomic E-state index is -0.0180. The average Bonchev–Trinajstić information content (AvgIpc) is 2.58. The highest BCUT2D eigenvalue weighted by Gasteiger charge is 2.24. The molecule has 1 aromatic carbocycles. The Morgan fingerprint density at radius 2 is 1.88 bits per heavy atom. The number of hydrogen-bond acceptors (Lipinski definition) is 3. The summed E-state index contributed by atoms with van der Waals surface area (Å²) in [5.74, 6) is 1.38. The second-order valence-electron chi connectivity index (χ2n) is 7.19. The van der Waals surface area contributed by atoms with Gasteiger partial charge in [0.05, 0.1) is 6.61 Å². The fourth-order valence-electron chi connectivity index (χ4n) is 2.92. The summed E-state index contributed by atoms with van der Waals surface area (Å²) in [6.07, 6.45) is 3.99. The highest BCUT2D eigenvalue weighted by molar-refractivity contribution is 5.74. The Labute approximate surface area is 145 Å². The minimum Gasteiger partial charge on any atom is -0.493 e. The van der Waals surface area contributed by atoms with Crippen molar-refractivity contribution in [2.24, 2.45) is 11.7 Å². The number of nitrogens with one attached hydrogen (secondary N) is 1. The van der Waals surface area contributed by atoms with E-state index in [2.05, 4.69) is 19.2 Å². The van der Waals surface area contributed by atoms with Crippen LogP contribution in [0, 0.1) is 5.92 Å². The van der Waals surface area contributed by atoms with E-state index in [9.17, 15) is 4.79 Å². The van der Waals surface area contributed by atoms with Gasteiger partial charge in [-0.25, -0.2) is 4.79 Å². The molecule has 1 saturated carbocycles. The number of ether oxygens (including phenoxy) is 1. The van der Waals surface area contributed by atoms with Crippen molar-refractivity contribution in [3.63, 3.8) is 0 Å². The van der Waals surface area contributed by atoms with Gasteiger partial charge in [0, 0.05) is 25.7 Å². The monoisotopic (exact) mass is 333 g/mol. The van der Waals surface area contributed by atoms with Crippen LogP contribution in [0.3, 0.4) is 0 Å². The maximum Gasteiger partial charge on any atom is 0.317 e. The van der Waals surface area contributed by atoms with Gasteiger partial charge >= 0.3 is 6.03 Å². The van der Waals surface area contributed by atoms with Crippen LogP contribution in [-0.2, 0) is 6.54 Å². The Kier molecular flexibility index (Phi) is 6.91. The second kappa shape index (κ2) is 8.92. The van der Waals surface area contributed by atoms with Crippen molar-refractivity contribution >= 4 is 6.03 Å². The fourth-order valence-corrected chi connectivity index (χ4v) is 2.92. The summed E-state index contributed by atoms with van der Waals surface area (Å²) in [6, 6.07) is 8.48. The van der Waals surface area contributed by atoms with Crippen LogP contribution in [0.5, 0.6) is 5.75 Å². The zero-order valence-corrected chi connectivity index (χ0v) is 15.1. The second-order valence-corrected chi connectivity index (χ2v) is 7.19. The lowest BCUT2D eigenvalue weighted by Crippen LogP contribution is -2.46. The maximum absolute atomic E-state index is 12.3. The number of nitrogens with zero attached hydrogens (tertiary/aromatic N) is 1. The Hall–Kier alpha value is -1.75. The van der Waals surface area contributed by atoms with Gasteiger partial charge in [0.15, 0.2) is 0 Å². The van der Waals surface area contributed by atoms with E-state index >= 15 is 0 Å². The average molecular weight is 333 g/mol. The van der Waals surface area contributed by atoms with Crippen molar-refractivity contribution in [3.05, 3.63) is 29.8 Å². The van der Waals surface area contributed by atoms with E-state index in [1.54, 1.807) is 0 Å². The van der Waals surface area contributed by atoms with Crippen molar-refractivity contribution in [3.8, 4) is 5.75 Å². The van der Waals surface area contributed by atoms with Crippen LogP contribution in [0.15, 0.2) is 24.3 Å². The molecule has 0 unspecified atom stereocenters. The molecule has 1 fully saturated rings. The summed E-state index contributed by atoms with van der Waals surface area (Å²) in [5.41, 5.74) is 7.00. The number of rotatable bonds is 6. The predicted octanol–water partition coefficient (Wildman–Crippen LogP) is 3.13. The van der Waals surface area contributed by atoms with Gasteiger partial charge in [-0.15, -0.1) is 0 Å². The molecule has 1 aromatic rings. The number of nitrogens with two attached hydrogens (primary N) is 1. The molecule has 0 aromatic heterocycles. The Morgan fingerprint density at radius 3 is 2.46 bits per heavy atom. The molecule has 0 aliphatic heterocycles. The summed E-state index contributed by atoms with van der Waals surface area (Å²) < 4.78 is 5.67. The first-order valence-electron chi connectivity index (χ1n) is 8.93. The molecule has 0 spiro atoms. The largest absolute Gasteiger partial charge is 0.493 e. The molecule has 0 bridgehead atoms. The van der Waals surface area contributed by atoms with Crippen molar-refractivity contribution in [1.29, 1.82) is 0 Å². The van der Waals surface area contributed by atoms with E-state index in [-0.39, 0.29) is 6.03 Å². The minimum absolute atomic E-state index is 0.0180. The topological polar surface area (TPSA) is 67.6 Å². The van der Waals surface area contributed by atoms with Gasteiger partial charge in [0.1, 0.15) is 5.75 Å². The lowest BCUT2D eigenvalue weighted by Gasteiger charge is -2.33. The van der Waals surface area contributed by atoms with Crippen LogP contribution in [0.4, 0.5) is 4.79 Å². The van der Waals surface area contributed by atoms with E-state index in [0.717, 1.165) is 37.0 Å². The van der Waals surface area contributed by atoms with Gasteiger partial charge in [-0.1, -0.05) is 26.0 Å². The Bertz CT molecular complexity index is 508. The zero-order valence-electron chi connectivity index (χ0n) is 15.1. The molecular weight excluding hydrogens is 302 g/mol. The van der Waals surface area contributed by atoms with Gasteiger partial charge in [-0.2, -0.15) is 0 Å². The van der Waals surface area contributed by atoms with Crippen LogP contribution in [0.1, 0.15) is 45.1 Å². The molecule has 2 amide bonds. The lowest BCUT2D eigenvalue weighted by molar-refractivity contribution is 0.169. The fraction of sp³-hybridized carbons (Fsp3) is 0.632. The highest BCUT2D eigenvalue weighted by atomic mass is 16.5. The first kappa shape index (κ1) is 18.6. The Morgan fingerprint density at radius 1 is 1.25 bits per heavy atom. The molecule has 3 N–H and O–H groups in total. The molecule has 24 heavy (non-hydrogen) atoms. The van der Waals surface area contributed by atoms with Gasteiger partial charge in [-0.3, -0.25) is 0 Å². The van der Waals surface area contributed by atoms with Gasteiger partial charge in [-0.05, 0) is 49.3 Å². The number of carbonyl (C=O) groups is 1. The molecule has 2 rings (SSSR count). The molecule has 5 heteroatoms. The highest BCUT2D eigenvalue weighted by Crippen LogP contribution is 2.21. The van der Waals surface area contributed by atoms with E-state index < -0.39 is 0 Å². The number of amides is 2.